The Morgan fingerprint density at radius 1 is 1.26 bits per heavy atom. The molecule has 1 saturated carbocycles. The van der Waals surface area contributed by atoms with Crippen LogP contribution < -0.4 is 5.32 Å². The molecule has 2 rings (SSSR count). The number of ether oxygens (including phenoxy) is 1. The van der Waals surface area contributed by atoms with Crippen molar-refractivity contribution in [3.05, 3.63) is 30.3 Å². The number of esters is 1. The van der Waals surface area contributed by atoms with Crippen molar-refractivity contribution < 1.29 is 9.53 Å². The number of anilines is 1. The zero-order valence-electron chi connectivity index (χ0n) is 12.0. The third-order valence-electron chi connectivity index (χ3n) is 4.30. The van der Waals surface area contributed by atoms with Crippen LogP contribution in [0, 0.1) is 11.8 Å². The van der Waals surface area contributed by atoms with Gasteiger partial charge in [-0.2, -0.15) is 0 Å². The molecule has 0 aromatic heterocycles. The molecule has 0 saturated heterocycles. The van der Waals surface area contributed by atoms with Gasteiger partial charge in [-0.3, -0.25) is 0 Å². The van der Waals surface area contributed by atoms with Crippen molar-refractivity contribution >= 4 is 11.7 Å². The maximum Gasteiger partial charge on any atom is 0.331 e. The minimum atomic E-state index is -0.590. The Bertz CT molecular complexity index is 432. The fraction of sp³-hybridized carbons (Fsp3) is 0.562. The average molecular weight is 261 g/mol. The summed E-state index contributed by atoms with van der Waals surface area (Å²) in [7, 11) is 1.47. The molecule has 1 N–H and O–H groups in total. The molecule has 0 heterocycles. The van der Waals surface area contributed by atoms with Gasteiger partial charge in [-0.25, -0.2) is 4.79 Å². The summed E-state index contributed by atoms with van der Waals surface area (Å²) in [4.78, 5) is 12.4. The van der Waals surface area contributed by atoms with Crippen LogP contribution in [0.5, 0.6) is 0 Å². The van der Waals surface area contributed by atoms with Gasteiger partial charge in [0.1, 0.15) is 5.54 Å². The van der Waals surface area contributed by atoms with Gasteiger partial charge in [0.25, 0.3) is 0 Å². The number of hydrogen-bond acceptors (Lipinski definition) is 3. The Labute approximate surface area is 115 Å². The molecular weight excluding hydrogens is 238 g/mol. The average Bonchev–Trinajstić information content (AvgIpc) is 2.43. The fourth-order valence-corrected chi connectivity index (χ4v) is 3.10. The number of para-hydroxylation sites is 1. The van der Waals surface area contributed by atoms with Crippen molar-refractivity contribution in [1.29, 1.82) is 0 Å². The van der Waals surface area contributed by atoms with E-state index in [0.717, 1.165) is 18.5 Å². The Kier molecular flexibility index (Phi) is 4.13. The quantitative estimate of drug-likeness (QED) is 0.847. The topological polar surface area (TPSA) is 38.3 Å². The first-order chi connectivity index (χ1) is 9.08. The molecule has 3 heteroatoms. The van der Waals surface area contributed by atoms with E-state index in [1.54, 1.807) is 0 Å². The second kappa shape index (κ2) is 5.64. The van der Waals surface area contributed by atoms with E-state index in [2.05, 4.69) is 19.2 Å². The minimum absolute atomic E-state index is 0.143. The highest BCUT2D eigenvalue weighted by atomic mass is 16.5. The van der Waals surface area contributed by atoms with E-state index in [1.807, 2.05) is 30.3 Å². The van der Waals surface area contributed by atoms with Gasteiger partial charge in [-0.1, -0.05) is 38.5 Å². The Balaban J connectivity index is 2.31. The molecule has 3 nitrogen and oxygen atoms in total. The van der Waals surface area contributed by atoms with Gasteiger partial charge in [-0.05, 0) is 36.8 Å². The van der Waals surface area contributed by atoms with Crippen molar-refractivity contribution in [3.8, 4) is 0 Å². The smallest absolute Gasteiger partial charge is 0.331 e. The Hall–Kier alpha value is -1.51. The molecule has 0 aliphatic heterocycles. The van der Waals surface area contributed by atoms with E-state index < -0.39 is 5.54 Å². The van der Waals surface area contributed by atoms with Crippen LogP contribution >= 0.6 is 0 Å². The molecule has 1 aliphatic rings. The molecular formula is C16H23NO2. The molecule has 1 fully saturated rings. The van der Waals surface area contributed by atoms with Crippen LogP contribution in [0.4, 0.5) is 5.69 Å². The van der Waals surface area contributed by atoms with Crippen molar-refractivity contribution in [2.45, 2.75) is 38.6 Å². The zero-order valence-corrected chi connectivity index (χ0v) is 12.0. The summed E-state index contributed by atoms with van der Waals surface area (Å²) in [5, 5.41) is 3.45. The number of hydrogen-bond donors (Lipinski definition) is 1. The molecule has 0 radical (unpaired) electrons. The predicted octanol–water partition coefficient (Wildman–Crippen LogP) is 3.47. The number of rotatable bonds is 3. The summed E-state index contributed by atoms with van der Waals surface area (Å²) >= 11 is 0. The highest BCUT2D eigenvalue weighted by molar-refractivity contribution is 5.85. The molecule has 1 aliphatic carbocycles. The molecule has 0 bridgehead atoms. The van der Waals surface area contributed by atoms with E-state index in [4.69, 9.17) is 4.74 Å². The first-order valence-electron chi connectivity index (χ1n) is 7.00. The van der Waals surface area contributed by atoms with Crippen LogP contribution in [0.2, 0.25) is 0 Å². The minimum Gasteiger partial charge on any atom is -0.467 e. The lowest BCUT2D eigenvalue weighted by Gasteiger charge is -2.43. The highest BCUT2D eigenvalue weighted by Crippen LogP contribution is 2.40. The molecule has 3 unspecified atom stereocenters. The summed E-state index contributed by atoms with van der Waals surface area (Å²) in [6.07, 6.45) is 3.06. The number of carbonyl (C=O) groups excluding carboxylic acids is 1. The van der Waals surface area contributed by atoms with E-state index in [9.17, 15) is 4.79 Å². The molecule has 104 valence electrons. The zero-order chi connectivity index (χ0) is 13.9. The van der Waals surface area contributed by atoms with E-state index in [1.165, 1.54) is 13.5 Å². The second-order valence-electron chi connectivity index (χ2n) is 5.74. The Morgan fingerprint density at radius 2 is 1.95 bits per heavy atom. The molecule has 0 amide bonds. The molecule has 0 spiro atoms. The van der Waals surface area contributed by atoms with Gasteiger partial charge in [0, 0.05) is 5.69 Å². The summed E-state index contributed by atoms with van der Waals surface area (Å²) in [6, 6.07) is 9.92. The monoisotopic (exact) mass is 261 g/mol. The number of nitrogens with one attached hydrogen (secondary N) is 1. The standard InChI is InChI=1S/C16H23NO2/c1-12-9-10-13(2)16(11-12,15(18)19-3)17-14-7-5-4-6-8-14/h4-8,12-13,17H,9-11H2,1-3H3. The lowest BCUT2D eigenvalue weighted by atomic mass is 9.69. The van der Waals surface area contributed by atoms with Gasteiger partial charge in [0.2, 0.25) is 0 Å². The van der Waals surface area contributed by atoms with Crippen LogP contribution in [-0.4, -0.2) is 18.6 Å². The van der Waals surface area contributed by atoms with Gasteiger partial charge in [0.05, 0.1) is 7.11 Å². The van der Waals surface area contributed by atoms with E-state index >= 15 is 0 Å². The van der Waals surface area contributed by atoms with Gasteiger partial charge in [-0.15, -0.1) is 0 Å². The SMILES string of the molecule is COC(=O)C1(Nc2ccccc2)CC(C)CCC1C. The molecule has 1 aromatic rings. The number of methoxy groups -OCH3 is 1. The van der Waals surface area contributed by atoms with Crippen LogP contribution in [0.25, 0.3) is 0 Å². The first-order valence-corrected chi connectivity index (χ1v) is 7.00. The number of carbonyl (C=O) groups is 1. The summed E-state index contributed by atoms with van der Waals surface area (Å²) in [5.41, 5.74) is 0.391. The van der Waals surface area contributed by atoms with Gasteiger partial charge in [0.15, 0.2) is 0 Å². The van der Waals surface area contributed by atoms with Crippen LogP contribution in [-0.2, 0) is 9.53 Å². The number of benzene rings is 1. The maximum absolute atomic E-state index is 12.4. The van der Waals surface area contributed by atoms with Crippen LogP contribution in [0.3, 0.4) is 0 Å². The van der Waals surface area contributed by atoms with Gasteiger partial charge < -0.3 is 10.1 Å². The van der Waals surface area contributed by atoms with Crippen molar-refractivity contribution in [1.82, 2.24) is 0 Å². The molecule has 3 atom stereocenters. The molecule has 19 heavy (non-hydrogen) atoms. The summed E-state index contributed by atoms with van der Waals surface area (Å²) in [5.74, 6) is 0.665. The lowest BCUT2D eigenvalue weighted by molar-refractivity contribution is -0.150. The van der Waals surface area contributed by atoms with Crippen LogP contribution in [0.1, 0.15) is 33.1 Å². The predicted molar refractivity (Wildman–Crippen MR) is 77.0 cm³/mol. The van der Waals surface area contributed by atoms with E-state index in [0.29, 0.717) is 5.92 Å². The fourth-order valence-electron chi connectivity index (χ4n) is 3.10. The molecule has 1 aromatic carbocycles. The Morgan fingerprint density at radius 3 is 2.58 bits per heavy atom. The lowest BCUT2D eigenvalue weighted by Crippen LogP contribution is -2.55. The first kappa shape index (κ1) is 13.9. The van der Waals surface area contributed by atoms with E-state index in [-0.39, 0.29) is 11.9 Å². The maximum atomic E-state index is 12.4. The highest BCUT2D eigenvalue weighted by Gasteiger charge is 2.47. The van der Waals surface area contributed by atoms with Crippen LogP contribution in [0.15, 0.2) is 30.3 Å². The normalized spacial score (nSPS) is 30.7. The third-order valence-corrected chi connectivity index (χ3v) is 4.30. The van der Waals surface area contributed by atoms with Crippen molar-refractivity contribution in [3.63, 3.8) is 0 Å². The summed E-state index contributed by atoms with van der Waals surface area (Å²) < 4.78 is 5.08. The second-order valence-corrected chi connectivity index (χ2v) is 5.74. The van der Waals surface area contributed by atoms with Crippen molar-refractivity contribution in [2.75, 3.05) is 12.4 Å². The third kappa shape index (κ3) is 2.75. The van der Waals surface area contributed by atoms with Gasteiger partial charge >= 0.3 is 5.97 Å². The van der Waals surface area contributed by atoms with Crippen molar-refractivity contribution in [2.24, 2.45) is 11.8 Å². The summed E-state index contributed by atoms with van der Waals surface area (Å²) in [6.45, 7) is 4.34. The largest absolute Gasteiger partial charge is 0.467 e.